The predicted octanol–water partition coefficient (Wildman–Crippen LogP) is 2.20. The van der Waals surface area contributed by atoms with Gasteiger partial charge < -0.3 is 9.67 Å². The van der Waals surface area contributed by atoms with E-state index in [4.69, 9.17) is 5.11 Å². The summed E-state index contributed by atoms with van der Waals surface area (Å²) in [6.45, 7) is 1.49. The molecule has 1 heterocycles. The number of aliphatic hydroxyl groups excluding tert-OH is 1. The highest BCUT2D eigenvalue weighted by atomic mass is 32.2. The highest BCUT2D eigenvalue weighted by Gasteiger charge is 2.18. The standard InChI is InChI=1S/C14H15F2N3O2S/c1-8(7-22-14-18-17-12(6-20)19(14)2)13(21)9-3-4-10(15)11(16)5-9/h3-5,8,20H,6-7H2,1-2H3/t8-/m1/s1. The van der Waals surface area contributed by atoms with Gasteiger partial charge in [0.25, 0.3) is 0 Å². The van der Waals surface area contributed by atoms with Crippen LogP contribution in [-0.4, -0.2) is 31.4 Å². The van der Waals surface area contributed by atoms with E-state index in [1.54, 1.807) is 18.5 Å². The number of carbonyl (C=O) groups excluding carboxylic acids is 1. The van der Waals surface area contributed by atoms with Crippen molar-refractivity contribution in [2.24, 2.45) is 13.0 Å². The van der Waals surface area contributed by atoms with E-state index in [-0.39, 0.29) is 18.0 Å². The molecule has 2 rings (SSSR count). The second kappa shape index (κ2) is 6.97. The molecule has 1 aromatic heterocycles. The van der Waals surface area contributed by atoms with E-state index in [0.29, 0.717) is 16.7 Å². The molecule has 1 atom stereocenters. The first kappa shape index (κ1) is 16.6. The molecule has 2 aromatic rings. The molecule has 0 saturated carbocycles. The van der Waals surface area contributed by atoms with Crippen molar-refractivity contribution in [2.75, 3.05) is 5.75 Å². The molecule has 5 nitrogen and oxygen atoms in total. The number of thioether (sulfide) groups is 1. The Balaban J connectivity index is 2.02. The Kier molecular flexibility index (Phi) is 5.25. The second-order valence-corrected chi connectivity index (χ2v) is 5.81. The van der Waals surface area contributed by atoms with Gasteiger partial charge in [-0.1, -0.05) is 18.7 Å². The van der Waals surface area contributed by atoms with Gasteiger partial charge in [-0.3, -0.25) is 4.79 Å². The van der Waals surface area contributed by atoms with Gasteiger partial charge in [0.15, 0.2) is 28.4 Å². The van der Waals surface area contributed by atoms with Crippen LogP contribution in [0.1, 0.15) is 23.1 Å². The molecule has 0 spiro atoms. The van der Waals surface area contributed by atoms with Crippen LogP contribution in [-0.2, 0) is 13.7 Å². The monoisotopic (exact) mass is 327 g/mol. The molecule has 0 unspecified atom stereocenters. The maximum Gasteiger partial charge on any atom is 0.191 e. The van der Waals surface area contributed by atoms with Gasteiger partial charge in [-0.15, -0.1) is 10.2 Å². The van der Waals surface area contributed by atoms with Gasteiger partial charge in [0.05, 0.1) is 0 Å². The van der Waals surface area contributed by atoms with E-state index in [9.17, 15) is 13.6 Å². The Morgan fingerprint density at radius 2 is 2.09 bits per heavy atom. The largest absolute Gasteiger partial charge is 0.388 e. The fraction of sp³-hybridized carbons (Fsp3) is 0.357. The number of hydrogen-bond donors (Lipinski definition) is 1. The summed E-state index contributed by atoms with van der Waals surface area (Å²) in [5.41, 5.74) is 0.140. The minimum atomic E-state index is -1.04. The lowest BCUT2D eigenvalue weighted by Gasteiger charge is -2.10. The third-order valence-electron chi connectivity index (χ3n) is 3.18. The summed E-state index contributed by atoms with van der Waals surface area (Å²) < 4.78 is 27.7. The van der Waals surface area contributed by atoms with E-state index in [1.165, 1.54) is 17.8 Å². The number of carbonyl (C=O) groups is 1. The van der Waals surface area contributed by atoms with Crippen molar-refractivity contribution in [3.63, 3.8) is 0 Å². The van der Waals surface area contributed by atoms with Gasteiger partial charge in [-0.25, -0.2) is 8.78 Å². The fourth-order valence-electron chi connectivity index (χ4n) is 1.82. The lowest BCUT2D eigenvalue weighted by Crippen LogP contribution is -2.14. The summed E-state index contributed by atoms with van der Waals surface area (Å²) in [5.74, 6) is -1.84. The van der Waals surface area contributed by atoms with E-state index >= 15 is 0 Å². The predicted molar refractivity (Wildman–Crippen MR) is 77.5 cm³/mol. The van der Waals surface area contributed by atoms with E-state index < -0.39 is 17.6 Å². The smallest absolute Gasteiger partial charge is 0.191 e. The lowest BCUT2D eigenvalue weighted by molar-refractivity contribution is 0.0941. The number of aliphatic hydroxyl groups is 1. The number of aromatic nitrogens is 3. The van der Waals surface area contributed by atoms with E-state index in [0.717, 1.165) is 12.1 Å². The summed E-state index contributed by atoms with van der Waals surface area (Å²) in [7, 11) is 1.72. The molecule has 0 aliphatic carbocycles. The fourth-order valence-corrected chi connectivity index (χ4v) is 2.77. The maximum atomic E-state index is 13.2. The Morgan fingerprint density at radius 1 is 1.36 bits per heavy atom. The Hall–Kier alpha value is -1.80. The number of nitrogens with zero attached hydrogens (tertiary/aromatic N) is 3. The van der Waals surface area contributed by atoms with E-state index in [2.05, 4.69) is 10.2 Å². The second-order valence-electron chi connectivity index (χ2n) is 4.82. The van der Waals surface area contributed by atoms with Gasteiger partial charge in [-0.2, -0.15) is 0 Å². The van der Waals surface area contributed by atoms with Crippen LogP contribution in [0.2, 0.25) is 0 Å². The molecule has 118 valence electrons. The normalized spacial score (nSPS) is 12.4. The zero-order chi connectivity index (χ0) is 16.3. The van der Waals surface area contributed by atoms with Crippen LogP contribution in [0.3, 0.4) is 0 Å². The number of hydrogen-bond acceptors (Lipinski definition) is 5. The van der Waals surface area contributed by atoms with Gasteiger partial charge in [0.2, 0.25) is 0 Å². The van der Waals surface area contributed by atoms with Gasteiger partial charge in [0.1, 0.15) is 6.61 Å². The number of benzene rings is 1. The summed E-state index contributed by atoms with van der Waals surface area (Å²) in [6, 6.07) is 3.12. The topological polar surface area (TPSA) is 68.0 Å². The molecule has 0 radical (unpaired) electrons. The van der Waals surface area contributed by atoms with Gasteiger partial charge in [0, 0.05) is 24.3 Å². The minimum absolute atomic E-state index is 0.140. The highest BCUT2D eigenvalue weighted by Crippen LogP contribution is 2.21. The average Bonchev–Trinajstić information content (AvgIpc) is 2.87. The number of halogens is 2. The Labute approximate surface area is 130 Å². The molecular formula is C14H15F2N3O2S. The summed E-state index contributed by atoms with van der Waals surface area (Å²) in [5, 5.41) is 17.3. The molecule has 0 bridgehead atoms. The zero-order valence-electron chi connectivity index (χ0n) is 12.1. The van der Waals surface area contributed by atoms with E-state index in [1.807, 2.05) is 0 Å². The first-order chi connectivity index (χ1) is 10.4. The van der Waals surface area contributed by atoms with Crippen LogP contribution in [0, 0.1) is 17.6 Å². The molecule has 0 fully saturated rings. The van der Waals surface area contributed by atoms with Crippen molar-refractivity contribution in [2.45, 2.75) is 18.7 Å². The zero-order valence-corrected chi connectivity index (χ0v) is 12.9. The Bertz CT molecular complexity index is 691. The third-order valence-corrected chi connectivity index (χ3v) is 4.46. The van der Waals surface area contributed by atoms with Crippen LogP contribution in [0.4, 0.5) is 8.78 Å². The quantitative estimate of drug-likeness (QED) is 0.651. The molecule has 0 amide bonds. The lowest BCUT2D eigenvalue weighted by atomic mass is 10.0. The first-order valence-electron chi connectivity index (χ1n) is 6.55. The summed E-state index contributed by atoms with van der Waals surface area (Å²) >= 11 is 1.31. The Morgan fingerprint density at radius 3 is 2.68 bits per heavy atom. The van der Waals surface area contributed by atoms with Crippen LogP contribution in [0.25, 0.3) is 0 Å². The molecule has 22 heavy (non-hydrogen) atoms. The molecular weight excluding hydrogens is 312 g/mol. The van der Waals surface area contributed by atoms with Gasteiger partial charge >= 0.3 is 0 Å². The number of rotatable bonds is 6. The van der Waals surface area contributed by atoms with Crippen molar-refractivity contribution >= 4 is 17.5 Å². The SMILES string of the molecule is C[C@H](CSc1nnc(CO)n1C)C(=O)c1ccc(F)c(F)c1. The minimum Gasteiger partial charge on any atom is -0.388 e. The van der Waals surface area contributed by atoms with Gasteiger partial charge in [-0.05, 0) is 18.2 Å². The summed E-state index contributed by atoms with van der Waals surface area (Å²) in [4.78, 5) is 12.2. The highest BCUT2D eigenvalue weighted by molar-refractivity contribution is 7.99. The first-order valence-corrected chi connectivity index (χ1v) is 7.53. The van der Waals surface area contributed by atoms with Crippen LogP contribution < -0.4 is 0 Å². The van der Waals surface area contributed by atoms with Crippen LogP contribution in [0.5, 0.6) is 0 Å². The molecule has 0 aliphatic rings. The number of ketones is 1. The van der Waals surface area contributed by atoms with Crippen molar-refractivity contribution in [3.8, 4) is 0 Å². The van der Waals surface area contributed by atoms with Crippen molar-refractivity contribution < 1.29 is 18.7 Å². The molecule has 0 aliphatic heterocycles. The molecule has 1 N–H and O–H groups in total. The van der Waals surface area contributed by atoms with Crippen LogP contribution in [0.15, 0.2) is 23.4 Å². The summed E-state index contributed by atoms with van der Waals surface area (Å²) in [6.07, 6.45) is 0. The molecule has 0 saturated heterocycles. The van der Waals surface area contributed by atoms with Crippen molar-refractivity contribution in [1.82, 2.24) is 14.8 Å². The number of Topliss-reactive ketones (excluding diaryl/α,β-unsaturated/α-hetero) is 1. The molecule has 1 aromatic carbocycles. The van der Waals surface area contributed by atoms with Crippen LogP contribution >= 0.6 is 11.8 Å². The third kappa shape index (κ3) is 3.50. The van der Waals surface area contributed by atoms with Crippen molar-refractivity contribution in [3.05, 3.63) is 41.2 Å². The van der Waals surface area contributed by atoms with Crippen molar-refractivity contribution in [1.29, 1.82) is 0 Å². The average molecular weight is 327 g/mol. The maximum absolute atomic E-state index is 13.2. The molecule has 8 heteroatoms.